The lowest BCUT2D eigenvalue weighted by molar-refractivity contribution is -0.118. The lowest BCUT2D eigenvalue weighted by Gasteiger charge is -2.10. The van der Waals surface area contributed by atoms with Crippen LogP contribution in [-0.4, -0.2) is 12.5 Å². The number of ether oxygens (including phenoxy) is 1. The van der Waals surface area contributed by atoms with Crippen LogP contribution in [0, 0.1) is 19.7 Å². The first-order chi connectivity index (χ1) is 9.56. The second-order valence-corrected chi connectivity index (χ2v) is 4.59. The van der Waals surface area contributed by atoms with Crippen molar-refractivity contribution in [3.63, 3.8) is 0 Å². The summed E-state index contributed by atoms with van der Waals surface area (Å²) in [4.78, 5) is 11.8. The number of halogens is 1. The number of carbonyl (C=O) groups is 1. The van der Waals surface area contributed by atoms with Crippen LogP contribution in [0.1, 0.15) is 11.1 Å². The third kappa shape index (κ3) is 3.57. The number of anilines is 1. The normalized spacial score (nSPS) is 10.2. The van der Waals surface area contributed by atoms with Gasteiger partial charge in [-0.15, -0.1) is 0 Å². The van der Waals surface area contributed by atoms with E-state index in [9.17, 15) is 9.18 Å². The molecule has 0 aliphatic heterocycles. The molecule has 0 unspecified atom stereocenters. The average molecular weight is 273 g/mol. The predicted octanol–water partition coefficient (Wildman–Crippen LogP) is 3.46. The van der Waals surface area contributed by atoms with Crippen LogP contribution in [0.4, 0.5) is 10.1 Å². The number of amides is 1. The molecule has 0 aliphatic rings. The van der Waals surface area contributed by atoms with Crippen molar-refractivity contribution in [2.45, 2.75) is 13.8 Å². The van der Waals surface area contributed by atoms with Gasteiger partial charge in [0.05, 0.1) is 0 Å². The quantitative estimate of drug-likeness (QED) is 0.926. The highest BCUT2D eigenvalue weighted by molar-refractivity contribution is 5.92. The fourth-order valence-corrected chi connectivity index (χ4v) is 1.76. The van der Waals surface area contributed by atoms with Crippen molar-refractivity contribution in [2.24, 2.45) is 0 Å². The van der Waals surface area contributed by atoms with Gasteiger partial charge < -0.3 is 10.1 Å². The Labute approximate surface area is 117 Å². The molecule has 0 aliphatic carbocycles. The summed E-state index contributed by atoms with van der Waals surface area (Å²) in [7, 11) is 0. The zero-order valence-electron chi connectivity index (χ0n) is 11.4. The van der Waals surface area contributed by atoms with E-state index in [1.54, 1.807) is 12.1 Å². The van der Waals surface area contributed by atoms with Gasteiger partial charge in [0.1, 0.15) is 0 Å². The minimum absolute atomic E-state index is 0.0728. The molecule has 0 aromatic heterocycles. The van der Waals surface area contributed by atoms with Gasteiger partial charge in [0.2, 0.25) is 0 Å². The molecule has 1 N–H and O–H groups in total. The Bertz CT molecular complexity index is 626. The Morgan fingerprint density at radius 3 is 2.70 bits per heavy atom. The van der Waals surface area contributed by atoms with Gasteiger partial charge in [-0.25, -0.2) is 4.39 Å². The van der Waals surface area contributed by atoms with Crippen LogP contribution in [0.15, 0.2) is 42.5 Å². The number of aryl methyl sites for hydroxylation is 2. The number of carbonyl (C=O) groups excluding carboxylic acids is 1. The first-order valence-electron chi connectivity index (χ1n) is 6.30. The van der Waals surface area contributed by atoms with E-state index in [0.29, 0.717) is 0 Å². The number of nitrogens with one attached hydrogen (secondary N) is 1. The van der Waals surface area contributed by atoms with Crippen LogP contribution < -0.4 is 10.1 Å². The Balaban J connectivity index is 1.96. The fraction of sp³-hybridized carbons (Fsp3) is 0.188. The Morgan fingerprint density at radius 2 is 1.95 bits per heavy atom. The molecule has 0 fully saturated rings. The van der Waals surface area contributed by atoms with E-state index in [1.807, 2.05) is 32.0 Å². The minimum atomic E-state index is -0.480. The van der Waals surface area contributed by atoms with E-state index in [1.165, 1.54) is 12.1 Å². The van der Waals surface area contributed by atoms with Gasteiger partial charge in [-0.2, -0.15) is 0 Å². The summed E-state index contributed by atoms with van der Waals surface area (Å²) in [6.45, 7) is 3.63. The summed E-state index contributed by atoms with van der Waals surface area (Å²) in [5.74, 6) is -0.724. The minimum Gasteiger partial charge on any atom is -0.481 e. The van der Waals surface area contributed by atoms with Crippen molar-refractivity contribution in [3.8, 4) is 5.75 Å². The maximum atomic E-state index is 13.3. The highest BCUT2D eigenvalue weighted by atomic mass is 19.1. The standard InChI is InChI=1S/C16H16FNO2/c1-11-7-8-12(2)14(9-11)18-16(19)10-20-15-6-4-3-5-13(15)17/h3-9H,10H2,1-2H3,(H,18,19). The van der Waals surface area contributed by atoms with Gasteiger partial charge >= 0.3 is 0 Å². The molecular formula is C16H16FNO2. The summed E-state index contributed by atoms with van der Waals surface area (Å²) in [5, 5.41) is 2.75. The van der Waals surface area contributed by atoms with Gasteiger partial charge in [-0.3, -0.25) is 4.79 Å². The third-order valence-electron chi connectivity index (χ3n) is 2.86. The molecule has 0 heterocycles. The molecule has 0 saturated heterocycles. The Hall–Kier alpha value is -2.36. The smallest absolute Gasteiger partial charge is 0.262 e. The van der Waals surface area contributed by atoms with Gasteiger partial charge in [-0.1, -0.05) is 24.3 Å². The van der Waals surface area contributed by atoms with E-state index >= 15 is 0 Å². The van der Waals surface area contributed by atoms with Crippen molar-refractivity contribution >= 4 is 11.6 Å². The molecule has 2 rings (SSSR count). The lowest BCUT2D eigenvalue weighted by Crippen LogP contribution is -2.21. The van der Waals surface area contributed by atoms with Crippen LogP contribution in [0.2, 0.25) is 0 Å². The van der Waals surface area contributed by atoms with Crippen LogP contribution in [-0.2, 0) is 4.79 Å². The predicted molar refractivity (Wildman–Crippen MR) is 76.4 cm³/mol. The largest absolute Gasteiger partial charge is 0.481 e. The van der Waals surface area contributed by atoms with Crippen molar-refractivity contribution in [1.29, 1.82) is 0 Å². The molecule has 2 aromatic rings. The molecule has 3 nitrogen and oxygen atoms in total. The first-order valence-corrected chi connectivity index (χ1v) is 6.30. The molecule has 1 amide bonds. The van der Waals surface area contributed by atoms with Crippen molar-refractivity contribution in [3.05, 3.63) is 59.4 Å². The van der Waals surface area contributed by atoms with Gasteiger partial charge in [-0.05, 0) is 43.2 Å². The third-order valence-corrected chi connectivity index (χ3v) is 2.86. The SMILES string of the molecule is Cc1ccc(C)c(NC(=O)COc2ccccc2F)c1. The molecule has 4 heteroatoms. The zero-order valence-corrected chi connectivity index (χ0v) is 11.4. The van der Waals surface area contributed by atoms with E-state index in [2.05, 4.69) is 5.32 Å². The molecule has 0 radical (unpaired) electrons. The van der Waals surface area contributed by atoms with Gasteiger partial charge in [0.15, 0.2) is 18.2 Å². The van der Waals surface area contributed by atoms with Gasteiger partial charge in [0.25, 0.3) is 5.91 Å². The van der Waals surface area contributed by atoms with Crippen LogP contribution in [0.3, 0.4) is 0 Å². The molecule has 0 spiro atoms. The Kier molecular flexibility index (Phi) is 4.35. The molecule has 0 saturated carbocycles. The summed E-state index contributed by atoms with van der Waals surface area (Å²) in [6.07, 6.45) is 0. The molecule has 0 atom stereocenters. The summed E-state index contributed by atoms with van der Waals surface area (Å²) >= 11 is 0. The van der Waals surface area contributed by atoms with Gasteiger partial charge in [0, 0.05) is 5.69 Å². The fourth-order valence-electron chi connectivity index (χ4n) is 1.76. The molecule has 20 heavy (non-hydrogen) atoms. The van der Waals surface area contributed by atoms with E-state index in [0.717, 1.165) is 16.8 Å². The average Bonchev–Trinajstić information content (AvgIpc) is 2.42. The molecular weight excluding hydrogens is 257 g/mol. The van der Waals surface area contributed by atoms with E-state index < -0.39 is 5.82 Å². The maximum absolute atomic E-state index is 13.3. The van der Waals surface area contributed by atoms with Crippen molar-refractivity contribution in [1.82, 2.24) is 0 Å². The first kappa shape index (κ1) is 14.1. The summed E-state index contributed by atoms with van der Waals surface area (Å²) in [5.41, 5.74) is 2.77. The zero-order chi connectivity index (χ0) is 14.5. The highest BCUT2D eigenvalue weighted by Crippen LogP contribution is 2.17. The summed E-state index contributed by atoms with van der Waals surface area (Å²) in [6, 6.07) is 11.8. The second-order valence-electron chi connectivity index (χ2n) is 4.59. The summed E-state index contributed by atoms with van der Waals surface area (Å²) < 4.78 is 18.5. The number of hydrogen-bond donors (Lipinski definition) is 1. The second kappa shape index (κ2) is 6.19. The molecule has 104 valence electrons. The van der Waals surface area contributed by atoms with Crippen LogP contribution >= 0.6 is 0 Å². The number of para-hydroxylation sites is 1. The molecule has 2 aromatic carbocycles. The highest BCUT2D eigenvalue weighted by Gasteiger charge is 2.08. The Morgan fingerprint density at radius 1 is 1.20 bits per heavy atom. The lowest BCUT2D eigenvalue weighted by atomic mass is 10.1. The van der Waals surface area contributed by atoms with Crippen LogP contribution in [0.25, 0.3) is 0 Å². The number of rotatable bonds is 4. The van der Waals surface area contributed by atoms with Crippen LogP contribution in [0.5, 0.6) is 5.75 Å². The van der Waals surface area contributed by atoms with Crippen molar-refractivity contribution in [2.75, 3.05) is 11.9 Å². The number of benzene rings is 2. The van der Waals surface area contributed by atoms with E-state index in [4.69, 9.17) is 4.74 Å². The number of hydrogen-bond acceptors (Lipinski definition) is 2. The monoisotopic (exact) mass is 273 g/mol. The molecule has 0 bridgehead atoms. The topological polar surface area (TPSA) is 38.3 Å². The van der Waals surface area contributed by atoms with Crippen molar-refractivity contribution < 1.29 is 13.9 Å². The van der Waals surface area contributed by atoms with E-state index in [-0.39, 0.29) is 18.3 Å². The maximum Gasteiger partial charge on any atom is 0.262 e.